The number of benzene rings is 4. The van der Waals surface area contributed by atoms with Crippen LogP contribution in [-0.2, 0) is 13.1 Å². The predicted molar refractivity (Wildman–Crippen MR) is 205 cm³/mol. The molecule has 280 valence electrons. The van der Waals surface area contributed by atoms with E-state index in [0.717, 1.165) is 86.8 Å². The van der Waals surface area contributed by atoms with E-state index >= 15 is 0 Å². The van der Waals surface area contributed by atoms with Crippen LogP contribution in [0.3, 0.4) is 0 Å². The molecule has 0 N–H and O–H groups in total. The molecule has 0 bridgehead atoms. The van der Waals surface area contributed by atoms with Gasteiger partial charge in [0.25, 0.3) is 23.6 Å². The number of nitrogens with zero attached hydrogens (tertiary/aromatic N) is 4. The highest BCUT2D eigenvalue weighted by Crippen LogP contribution is 2.41. The minimum absolute atomic E-state index is 0.00514. The summed E-state index contributed by atoms with van der Waals surface area (Å²) in [5.41, 5.74) is 3.22. The number of carbonyl (C=O) groups is 4. The Morgan fingerprint density at radius 3 is 1.09 bits per heavy atom. The molecule has 4 aromatic rings. The van der Waals surface area contributed by atoms with Crippen molar-refractivity contribution in [1.29, 1.82) is 0 Å². The molecule has 8 rings (SSSR count). The van der Waals surface area contributed by atoms with E-state index in [9.17, 15) is 19.2 Å². The molecular weight excluding hydrogens is 681 g/mol. The molecule has 0 atom stereocenters. The molecule has 54 heavy (non-hydrogen) atoms. The van der Waals surface area contributed by atoms with Crippen LogP contribution in [0.2, 0.25) is 0 Å². The van der Waals surface area contributed by atoms with Crippen LogP contribution in [0.25, 0.3) is 10.8 Å². The first-order chi connectivity index (χ1) is 26.4. The topological polar surface area (TPSA) is 99.7 Å². The molecule has 2 fully saturated rings. The fraction of sp³-hybridized carbons (Fsp3) is 0.409. The number of carbonyl (C=O) groups excluding carboxylic acids is 4. The van der Waals surface area contributed by atoms with Crippen molar-refractivity contribution < 1.29 is 28.7 Å². The summed E-state index contributed by atoms with van der Waals surface area (Å²) in [7, 11) is 0. The molecule has 4 aromatic carbocycles. The van der Waals surface area contributed by atoms with Gasteiger partial charge >= 0.3 is 0 Å². The lowest BCUT2D eigenvalue weighted by molar-refractivity contribution is -0.0400. The zero-order valence-electron chi connectivity index (χ0n) is 31.2. The van der Waals surface area contributed by atoms with Crippen LogP contribution in [0.1, 0.15) is 131 Å². The van der Waals surface area contributed by atoms with E-state index in [2.05, 4.69) is 0 Å². The largest absolute Gasteiger partial charge is 0.494 e. The number of amides is 4. The highest BCUT2D eigenvalue weighted by atomic mass is 16.5. The SMILES string of the molecule is CCOc1ccc(CN(C2CCCCC2)N2C(=O)c3ccc4c5c(ccc(c35)C2=O)C(=O)N(N(Cc2ccc(OCC)cc2)C2CCCCC2)C4=O)cc1. The third kappa shape index (κ3) is 6.55. The van der Waals surface area contributed by atoms with Crippen LogP contribution < -0.4 is 9.47 Å². The number of ether oxygens (including phenoxy) is 2. The number of hydrogen-bond acceptors (Lipinski definition) is 8. The van der Waals surface area contributed by atoms with Crippen molar-refractivity contribution in [2.75, 3.05) is 13.2 Å². The summed E-state index contributed by atoms with van der Waals surface area (Å²) in [6.07, 6.45) is 9.85. The average Bonchev–Trinajstić information content (AvgIpc) is 3.20. The van der Waals surface area contributed by atoms with Crippen molar-refractivity contribution in [2.45, 2.75) is 103 Å². The Balaban J connectivity index is 1.15. The summed E-state index contributed by atoms with van der Waals surface area (Å²) in [6, 6.07) is 22.3. The second-order valence-electron chi connectivity index (χ2n) is 14.8. The highest BCUT2D eigenvalue weighted by Gasteiger charge is 2.45. The standard InChI is InChI=1S/C44H48N4O6/c1-3-53-33-19-15-29(16-20-33)27-45(31-11-7-5-8-12-31)47-41(49)35-23-25-37-40-38(26-24-36(39(35)40)42(47)50)44(52)48(43(37)51)46(32-13-9-6-10-14-32)28-30-17-21-34(22-18-30)54-4-2/h15-26,31-32H,3-14,27-28H2,1-2H3. The predicted octanol–water partition coefficient (Wildman–Crippen LogP) is 8.33. The van der Waals surface area contributed by atoms with E-state index < -0.39 is 23.6 Å². The van der Waals surface area contributed by atoms with Crippen molar-refractivity contribution in [3.05, 3.63) is 106 Å². The molecule has 2 aliphatic carbocycles. The second-order valence-corrected chi connectivity index (χ2v) is 14.8. The van der Waals surface area contributed by atoms with Crippen molar-refractivity contribution in [3.8, 4) is 11.5 Å². The monoisotopic (exact) mass is 728 g/mol. The lowest BCUT2D eigenvalue weighted by atomic mass is 9.86. The molecule has 0 spiro atoms. The molecule has 0 unspecified atom stereocenters. The molecule has 4 aliphatic rings. The zero-order chi connectivity index (χ0) is 37.3. The van der Waals surface area contributed by atoms with Gasteiger partial charge in [0.1, 0.15) is 11.5 Å². The quantitative estimate of drug-likeness (QED) is 0.134. The highest BCUT2D eigenvalue weighted by molar-refractivity contribution is 6.33. The Hall–Kier alpha value is -5.06. The van der Waals surface area contributed by atoms with E-state index in [1.165, 1.54) is 10.0 Å². The fourth-order valence-corrected chi connectivity index (χ4v) is 8.89. The van der Waals surface area contributed by atoms with E-state index in [1.54, 1.807) is 24.3 Å². The van der Waals surface area contributed by atoms with Crippen LogP contribution in [0.4, 0.5) is 0 Å². The van der Waals surface area contributed by atoms with Gasteiger partial charge in [-0.3, -0.25) is 19.2 Å². The number of imide groups is 2. The summed E-state index contributed by atoms with van der Waals surface area (Å²) >= 11 is 0. The molecule has 2 saturated carbocycles. The minimum atomic E-state index is -0.436. The van der Waals surface area contributed by atoms with E-state index in [-0.39, 0.29) is 12.1 Å². The Kier molecular flexibility index (Phi) is 10.2. The maximum atomic E-state index is 14.6. The van der Waals surface area contributed by atoms with Gasteiger partial charge in [-0.1, -0.05) is 62.8 Å². The third-order valence-corrected chi connectivity index (χ3v) is 11.5. The van der Waals surface area contributed by atoms with Crippen molar-refractivity contribution in [1.82, 2.24) is 20.0 Å². The number of hydrogen-bond donors (Lipinski definition) is 0. The molecule has 0 saturated heterocycles. The van der Waals surface area contributed by atoms with Gasteiger partial charge in [0.05, 0.1) is 35.5 Å². The third-order valence-electron chi connectivity index (χ3n) is 11.5. The first-order valence-electron chi connectivity index (χ1n) is 19.7. The van der Waals surface area contributed by atoms with Crippen molar-refractivity contribution >= 4 is 34.4 Å². The summed E-state index contributed by atoms with van der Waals surface area (Å²) in [5, 5.41) is 7.32. The Morgan fingerprint density at radius 2 is 0.796 bits per heavy atom. The van der Waals surface area contributed by atoms with Gasteiger partial charge < -0.3 is 9.47 Å². The molecule has 2 aliphatic heterocycles. The zero-order valence-corrected chi connectivity index (χ0v) is 31.2. The average molecular weight is 729 g/mol. The lowest BCUT2D eigenvalue weighted by Gasteiger charge is -2.44. The maximum Gasteiger partial charge on any atom is 0.276 e. The van der Waals surface area contributed by atoms with Crippen molar-refractivity contribution in [2.24, 2.45) is 0 Å². The molecule has 4 amide bonds. The lowest BCUT2D eigenvalue weighted by Crippen LogP contribution is -2.57. The normalized spacial score (nSPS) is 18.0. The van der Waals surface area contributed by atoms with Gasteiger partial charge in [-0.05, 0) is 99.2 Å². The van der Waals surface area contributed by atoms with E-state index in [1.807, 2.05) is 72.4 Å². The second kappa shape index (κ2) is 15.4. The number of hydrazine groups is 2. The molecule has 0 aromatic heterocycles. The molecule has 0 radical (unpaired) electrons. The first kappa shape index (κ1) is 35.9. The summed E-state index contributed by atoms with van der Waals surface area (Å²) in [4.78, 5) is 58.4. The van der Waals surface area contributed by atoms with E-state index in [4.69, 9.17) is 9.47 Å². The van der Waals surface area contributed by atoms with E-state index in [0.29, 0.717) is 59.3 Å². The maximum absolute atomic E-state index is 14.6. The smallest absolute Gasteiger partial charge is 0.276 e. The molecule has 2 heterocycles. The Morgan fingerprint density at radius 1 is 0.481 bits per heavy atom. The molecule has 10 heteroatoms. The van der Waals surface area contributed by atoms with Gasteiger partial charge in [0, 0.05) is 35.9 Å². The van der Waals surface area contributed by atoms with Crippen LogP contribution in [0.15, 0.2) is 72.8 Å². The van der Waals surface area contributed by atoms with Gasteiger partial charge in [0.15, 0.2) is 0 Å². The molecular formula is C44H48N4O6. The van der Waals surface area contributed by atoms with Gasteiger partial charge in [-0.25, -0.2) is 20.0 Å². The minimum Gasteiger partial charge on any atom is -0.494 e. The van der Waals surface area contributed by atoms with Crippen molar-refractivity contribution in [3.63, 3.8) is 0 Å². The molecule has 10 nitrogen and oxygen atoms in total. The summed E-state index contributed by atoms with van der Waals surface area (Å²) in [5.74, 6) is -0.206. The van der Waals surface area contributed by atoms with Crippen LogP contribution >= 0.6 is 0 Å². The van der Waals surface area contributed by atoms with Crippen LogP contribution in [0, 0.1) is 0 Å². The van der Waals surface area contributed by atoms with Crippen LogP contribution in [0.5, 0.6) is 11.5 Å². The summed E-state index contributed by atoms with van der Waals surface area (Å²) < 4.78 is 11.3. The summed E-state index contributed by atoms with van der Waals surface area (Å²) in [6.45, 7) is 5.77. The Bertz CT molecular complexity index is 1850. The van der Waals surface area contributed by atoms with Crippen LogP contribution in [-0.4, -0.2) is 69.0 Å². The van der Waals surface area contributed by atoms with Gasteiger partial charge in [-0.15, -0.1) is 0 Å². The van der Waals surface area contributed by atoms with Gasteiger partial charge in [0.2, 0.25) is 0 Å². The Labute approximate surface area is 316 Å². The first-order valence-corrected chi connectivity index (χ1v) is 19.7. The van der Waals surface area contributed by atoms with Gasteiger partial charge in [-0.2, -0.15) is 0 Å². The number of rotatable bonds is 12. The fourth-order valence-electron chi connectivity index (χ4n) is 8.89.